The lowest BCUT2D eigenvalue weighted by atomic mass is 10.3. The van der Waals surface area contributed by atoms with Crippen molar-refractivity contribution in [2.24, 2.45) is 0 Å². The molecule has 0 aliphatic heterocycles. The standard InChI is InChI=1S/C16H20BrN3O2/c1-12-10-19-20(11-12)9-3-8-18-16(21)13(2)22-15-6-4-14(17)5-7-15/h4-7,10-11,13H,3,8-9H2,1-2H3,(H,18,21). The van der Waals surface area contributed by atoms with Crippen LogP contribution in [-0.4, -0.2) is 28.3 Å². The summed E-state index contributed by atoms with van der Waals surface area (Å²) < 4.78 is 8.46. The molecule has 0 saturated heterocycles. The maximum atomic E-state index is 12.0. The molecule has 0 aliphatic carbocycles. The molecule has 118 valence electrons. The predicted molar refractivity (Wildman–Crippen MR) is 88.8 cm³/mol. The smallest absolute Gasteiger partial charge is 0.260 e. The molecule has 1 aromatic heterocycles. The van der Waals surface area contributed by atoms with E-state index in [1.165, 1.54) is 0 Å². The predicted octanol–water partition coefficient (Wildman–Crippen LogP) is 2.93. The van der Waals surface area contributed by atoms with Crippen LogP contribution in [-0.2, 0) is 11.3 Å². The number of hydrogen-bond donors (Lipinski definition) is 1. The Labute approximate surface area is 138 Å². The first kappa shape index (κ1) is 16.5. The van der Waals surface area contributed by atoms with E-state index in [2.05, 4.69) is 26.3 Å². The minimum Gasteiger partial charge on any atom is -0.481 e. The molecule has 0 fully saturated rings. The summed E-state index contributed by atoms with van der Waals surface area (Å²) in [5.41, 5.74) is 1.14. The minimum atomic E-state index is -0.520. The Morgan fingerprint density at radius 1 is 1.41 bits per heavy atom. The van der Waals surface area contributed by atoms with Crippen LogP contribution in [0, 0.1) is 6.92 Å². The van der Waals surface area contributed by atoms with Gasteiger partial charge >= 0.3 is 0 Å². The third kappa shape index (κ3) is 5.18. The van der Waals surface area contributed by atoms with Gasteiger partial charge in [-0.2, -0.15) is 5.10 Å². The molecule has 2 rings (SSSR count). The van der Waals surface area contributed by atoms with Crippen LogP contribution in [0.15, 0.2) is 41.1 Å². The Morgan fingerprint density at radius 2 is 2.14 bits per heavy atom. The number of carbonyl (C=O) groups excluding carboxylic acids is 1. The monoisotopic (exact) mass is 365 g/mol. The average Bonchev–Trinajstić information content (AvgIpc) is 2.91. The molecule has 0 spiro atoms. The zero-order valence-electron chi connectivity index (χ0n) is 12.8. The fraction of sp³-hybridized carbons (Fsp3) is 0.375. The van der Waals surface area contributed by atoms with Crippen LogP contribution in [0.1, 0.15) is 18.9 Å². The van der Waals surface area contributed by atoms with E-state index < -0.39 is 6.10 Å². The quantitative estimate of drug-likeness (QED) is 0.767. The van der Waals surface area contributed by atoms with Crippen molar-refractivity contribution in [3.63, 3.8) is 0 Å². The number of ether oxygens (including phenoxy) is 1. The maximum Gasteiger partial charge on any atom is 0.260 e. The van der Waals surface area contributed by atoms with Crippen molar-refractivity contribution in [2.75, 3.05) is 6.54 Å². The van der Waals surface area contributed by atoms with Crippen LogP contribution in [0.2, 0.25) is 0 Å². The summed E-state index contributed by atoms with van der Waals surface area (Å²) in [5.74, 6) is 0.567. The second kappa shape index (κ2) is 7.98. The number of carbonyl (C=O) groups is 1. The molecular formula is C16H20BrN3O2. The van der Waals surface area contributed by atoms with E-state index >= 15 is 0 Å². The number of aromatic nitrogens is 2. The van der Waals surface area contributed by atoms with Crippen molar-refractivity contribution < 1.29 is 9.53 Å². The third-order valence-electron chi connectivity index (χ3n) is 3.12. The summed E-state index contributed by atoms with van der Waals surface area (Å²) in [5, 5.41) is 7.08. The molecule has 1 atom stereocenters. The van der Waals surface area contributed by atoms with E-state index in [0.717, 1.165) is 23.0 Å². The summed E-state index contributed by atoms with van der Waals surface area (Å²) >= 11 is 3.36. The second-order valence-electron chi connectivity index (χ2n) is 5.14. The Bertz CT molecular complexity index is 610. The minimum absolute atomic E-state index is 0.112. The highest BCUT2D eigenvalue weighted by Gasteiger charge is 2.13. The molecular weight excluding hydrogens is 346 g/mol. The highest BCUT2D eigenvalue weighted by Crippen LogP contribution is 2.17. The van der Waals surface area contributed by atoms with Crippen molar-refractivity contribution in [1.82, 2.24) is 15.1 Å². The van der Waals surface area contributed by atoms with Gasteiger partial charge in [-0.25, -0.2) is 0 Å². The van der Waals surface area contributed by atoms with Gasteiger partial charge in [-0.05, 0) is 50.1 Å². The summed E-state index contributed by atoms with van der Waals surface area (Å²) in [6, 6.07) is 7.42. The van der Waals surface area contributed by atoms with Gasteiger partial charge in [-0.15, -0.1) is 0 Å². The van der Waals surface area contributed by atoms with Gasteiger partial charge in [-0.3, -0.25) is 9.48 Å². The van der Waals surface area contributed by atoms with Gasteiger partial charge in [0.1, 0.15) is 5.75 Å². The molecule has 22 heavy (non-hydrogen) atoms. The van der Waals surface area contributed by atoms with Crippen LogP contribution in [0.25, 0.3) is 0 Å². The molecule has 1 aromatic carbocycles. The van der Waals surface area contributed by atoms with Gasteiger partial charge in [-0.1, -0.05) is 15.9 Å². The average molecular weight is 366 g/mol. The van der Waals surface area contributed by atoms with Crippen molar-refractivity contribution >= 4 is 21.8 Å². The SMILES string of the molecule is Cc1cnn(CCCNC(=O)C(C)Oc2ccc(Br)cc2)c1. The Kier molecular flexibility index (Phi) is 6.00. The number of nitrogens with one attached hydrogen (secondary N) is 1. The number of rotatable bonds is 7. The fourth-order valence-electron chi connectivity index (χ4n) is 1.96. The third-order valence-corrected chi connectivity index (χ3v) is 3.65. The highest BCUT2D eigenvalue weighted by atomic mass is 79.9. The molecule has 6 heteroatoms. The molecule has 0 saturated carbocycles. The Hall–Kier alpha value is -1.82. The van der Waals surface area contributed by atoms with E-state index in [1.807, 2.05) is 48.3 Å². The van der Waals surface area contributed by atoms with E-state index in [-0.39, 0.29) is 5.91 Å². The van der Waals surface area contributed by atoms with E-state index in [1.54, 1.807) is 6.92 Å². The first-order chi connectivity index (χ1) is 10.5. The number of aryl methyl sites for hydroxylation is 2. The Balaban J connectivity index is 1.68. The molecule has 0 radical (unpaired) electrons. The second-order valence-corrected chi connectivity index (χ2v) is 6.06. The molecule has 1 amide bonds. The summed E-state index contributed by atoms with van der Waals surface area (Å²) in [6.45, 7) is 5.14. The highest BCUT2D eigenvalue weighted by molar-refractivity contribution is 9.10. The maximum absolute atomic E-state index is 12.0. The topological polar surface area (TPSA) is 56.2 Å². The molecule has 1 unspecified atom stereocenters. The van der Waals surface area contributed by atoms with Crippen LogP contribution < -0.4 is 10.1 Å². The summed E-state index contributed by atoms with van der Waals surface area (Å²) in [6.07, 6.45) is 4.12. The number of amides is 1. The lowest BCUT2D eigenvalue weighted by Crippen LogP contribution is -2.37. The van der Waals surface area contributed by atoms with Crippen molar-refractivity contribution in [2.45, 2.75) is 32.9 Å². The van der Waals surface area contributed by atoms with Crippen molar-refractivity contribution in [1.29, 1.82) is 0 Å². The molecule has 1 N–H and O–H groups in total. The van der Waals surface area contributed by atoms with E-state index in [0.29, 0.717) is 12.3 Å². The zero-order valence-corrected chi connectivity index (χ0v) is 14.3. The first-order valence-corrected chi connectivity index (χ1v) is 8.03. The van der Waals surface area contributed by atoms with Crippen LogP contribution in [0.4, 0.5) is 0 Å². The normalized spacial score (nSPS) is 12.0. The van der Waals surface area contributed by atoms with Gasteiger partial charge in [0.25, 0.3) is 5.91 Å². The number of hydrogen-bond acceptors (Lipinski definition) is 3. The first-order valence-electron chi connectivity index (χ1n) is 7.23. The van der Waals surface area contributed by atoms with Crippen molar-refractivity contribution in [3.8, 4) is 5.75 Å². The number of halogens is 1. The van der Waals surface area contributed by atoms with Gasteiger partial charge in [0.15, 0.2) is 6.10 Å². The van der Waals surface area contributed by atoms with E-state index in [9.17, 15) is 4.79 Å². The zero-order chi connectivity index (χ0) is 15.9. The van der Waals surface area contributed by atoms with Crippen molar-refractivity contribution in [3.05, 3.63) is 46.7 Å². The molecule has 0 bridgehead atoms. The molecule has 5 nitrogen and oxygen atoms in total. The van der Waals surface area contributed by atoms with Gasteiger partial charge in [0, 0.05) is 23.8 Å². The largest absolute Gasteiger partial charge is 0.481 e. The number of nitrogens with zero attached hydrogens (tertiary/aromatic N) is 2. The lowest BCUT2D eigenvalue weighted by Gasteiger charge is -2.14. The Morgan fingerprint density at radius 3 is 2.77 bits per heavy atom. The summed E-state index contributed by atoms with van der Waals surface area (Å²) in [4.78, 5) is 12.0. The van der Waals surface area contributed by atoms with Crippen LogP contribution in [0.5, 0.6) is 5.75 Å². The molecule has 2 aromatic rings. The molecule has 0 aliphatic rings. The van der Waals surface area contributed by atoms with Crippen LogP contribution in [0.3, 0.4) is 0 Å². The van der Waals surface area contributed by atoms with Gasteiger partial charge in [0.05, 0.1) is 6.20 Å². The van der Waals surface area contributed by atoms with Gasteiger partial charge in [0.2, 0.25) is 0 Å². The molecule has 1 heterocycles. The number of benzene rings is 1. The fourth-order valence-corrected chi connectivity index (χ4v) is 2.22. The van der Waals surface area contributed by atoms with E-state index in [4.69, 9.17) is 4.74 Å². The lowest BCUT2D eigenvalue weighted by molar-refractivity contribution is -0.127. The van der Waals surface area contributed by atoms with Crippen LogP contribution >= 0.6 is 15.9 Å². The summed E-state index contributed by atoms with van der Waals surface area (Å²) in [7, 11) is 0. The van der Waals surface area contributed by atoms with Gasteiger partial charge < -0.3 is 10.1 Å².